The fraction of sp³-hybridized carbons (Fsp3) is 0.385. The SMILES string of the molecule is CC(N)CCS(=O)Cc1csc2ccccc12. The molecule has 0 saturated carbocycles. The number of thiophene rings is 1. The van der Waals surface area contributed by atoms with E-state index in [-0.39, 0.29) is 6.04 Å². The van der Waals surface area contributed by atoms with Gasteiger partial charge in [-0.15, -0.1) is 11.3 Å². The van der Waals surface area contributed by atoms with E-state index in [0.717, 1.165) is 6.42 Å². The van der Waals surface area contributed by atoms with Crippen LogP contribution in [-0.4, -0.2) is 16.0 Å². The van der Waals surface area contributed by atoms with Gasteiger partial charge in [0.15, 0.2) is 0 Å². The molecule has 1 aromatic heterocycles. The Morgan fingerprint density at radius 3 is 2.94 bits per heavy atom. The standard InChI is InChI=1S/C13H17NOS2/c1-10(14)6-7-17(15)9-11-8-16-13-5-3-2-4-12(11)13/h2-5,8,10H,6-7,9,14H2,1H3. The van der Waals surface area contributed by atoms with Crippen molar-refractivity contribution in [1.29, 1.82) is 0 Å². The van der Waals surface area contributed by atoms with Crippen molar-refractivity contribution in [3.8, 4) is 0 Å². The van der Waals surface area contributed by atoms with Gasteiger partial charge in [-0.2, -0.15) is 0 Å². The summed E-state index contributed by atoms with van der Waals surface area (Å²) in [5, 5.41) is 3.36. The minimum absolute atomic E-state index is 0.137. The number of hydrogen-bond donors (Lipinski definition) is 1. The van der Waals surface area contributed by atoms with Crippen molar-refractivity contribution >= 4 is 32.2 Å². The third-order valence-electron chi connectivity index (χ3n) is 2.68. The predicted octanol–water partition coefficient (Wildman–Crippen LogP) is 2.89. The molecule has 2 unspecified atom stereocenters. The van der Waals surface area contributed by atoms with Crippen molar-refractivity contribution in [2.24, 2.45) is 5.73 Å². The van der Waals surface area contributed by atoms with E-state index in [1.165, 1.54) is 15.6 Å². The third kappa shape index (κ3) is 3.37. The maximum absolute atomic E-state index is 11.9. The summed E-state index contributed by atoms with van der Waals surface area (Å²) >= 11 is 1.72. The molecule has 4 heteroatoms. The summed E-state index contributed by atoms with van der Waals surface area (Å²) in [5.74, 6) is 1.35. The van der Waals surface area contributed by atoms with Crippen LogP contribution in [0.25, 0.3) is 10.1 Å². The molecule has 2 rings (SSSR count). The van der Waals surface area contributed by atoms with Gasteiger partial charge in [0, 0.05) is 33.0 Å². The fourth-order valence-electron chi connectivity index (χ4n) is 1.71. The van der Waals surface area contributed by atoms with Crippen molar-refractivity contribution in [2.75, 3.05) is 5.75 Å². The van der Waals surface area contributed by atoms with Gasteiger partial charge in [-0.1, -0.05) is 18.2 Å². The van der Waals surface area contributed by atoms with Crippen LogP contribution in [0.5, 0.6) is 0 Å². The molecule has 1 aromatic carbocycles. The summed E-state index contributed by atoms with van der Waals surface area (Å²) in [7, 11) is -0.799. The first-order valence-corrected chi connectivity index (χ1v) is 8.09. The maximum Gasteiger partial charge on any atom is 0.0500 e. The second-order valence-corrected chi connectivity index (χ2v) is 6.80. The zero-order valence-electron chi connectivity index (χ0n) is 9.89. The average Bonchev–Trinajstić information content (AvgIpc) is 2.70. The Bertz CT molecular complexity index is 519. The number of nitrogens with two attached hydrogens (primary N) is 1. The van der Waals surface area contributed by atoms with Crippen molar-refractivity contribution in [3.05, 3.63) is 35.2 Å². The lowest BCUT2D eigenvalue weighted by atomic mass is 10.2. The molecule has 2 atom stereocenters. The highest BCUT2D eigenvalue weighted by molar-refractivity contribution is 7.84. The van der Waals surface area contributed by atoms with Crippen LogP contribution in [0.15, 0.2) is 29.6 Å². The smallest absolute Gasteiger partial charge is 0.0500 e. The quantitative estimate of drug-likeness (QED) is 0.905. The Hall–Kier alpha value is -0.710. The molecule has 1 heterocycles. The monoisotopic (exact) mass is 267 g/mol. The molecule has 0 aliphatic heterocycles. The van der Waals surface area contributed by atoms with E-state index in [9.17, 15) is 4.21 Å². The highest BCUT2D eigenvalue weighted by Gasteiger charge is 2.08. The van der Waals surface area contributed by atoms with Crippen molar-refractivity contribution in [1.82, 2.24) is 0 Å². The minimum Gasteiger partial charge on any atom is -0.328 e. The van der Waals surface area contributed by atoms with Gasteiger partial charge >= 0.3 is 0 Å². The van der Waals surface area contributed by atoms with Crippen LogP contribution in [0.1, 0.15) is 18.9 Å². The topological polar surface area (TPSA) is 43.1 Å². The average molecular weight is 267 g/mol. The lowest BCUT2D eigenvalue weighted by molar-refractivity contribution is 0.667. The molecule has 2 aromatic rings. The summed E-state index contributed by atoms with van der Waals surface area (Å²) in [6.07, 6.45) is 0.828. The molecule has 0 bridgehead atoms. The zero-order valence-corrected chi connectivity index (χ0v) is 11.5. The summed E-state index contributed by atoms with van der Waals surface area (Å²) in [6, 6.07) is 8.41. The summed E-state index contributed by atoms with van der Waals surface area (Å²) < 4.78 is 13.2. The van der Waals surface area contributed by atoms with Crippen LogP contribution in [0.4, 0.5) is 0 Å². The van der Waals surface area contributed by atoms with Gasteiger partial charge in [-0.25, -0.2) is 0 Å². The largest absolute Gasteiger partial charge is 0.328 e. The Kier molecular flexibility index (Phi) is 4.31. The molecule has 0 radical (unpaired) electrons. The van der Waals surface area contributed by atoms with Crippen LogP contribution >= 0.6 is 11.3 Å². The normalized spacial score (nSPS) is 14.9. The van der Waals surface area contributed by atoms with E-state index < -0.39 is 10.8 Å². The Morgan fingerprint density at radius 1 is 1.41 bits per heavy atom. The molecule has 2 nitrogen and oxygen atoms in total. The molecule has 92 valence electrons. The van der Waals surface area contributed by atoms with E-state index in [0.29, 0.717) is 11.5 Å². The van der Waals surface area contributed by atoms with E-state index in [4.69, 9.17) is 5.73 Å². The van der Waals surface area contributed by atoms with E-state index >= 15 is 0 Å². The Balaban J connectivity index is 2.06. The first-order valence-electron chi connectivity index (χ1n) is 5.72. The number of fused-ring (bicyclic) bond motifs is 1. The second kappa shape index (κ2) is 5.76. The van der Waals surface area contributed by atoms with Crippen molar-refractivity contribution in [3.63, 3.8) is 0 Å². The van der Waals surface area contributed by atoms with E-state index in [2.05, 4.69) is 17.5 Å². The molecular weight excluding hydrogens is 250 g/mol. The second-order valence-electron chi connectivity index (χ2n) is 4.31. The minimum atomic E-state index is -0.799. The van der Waals surface area contributed by atoms with Crippen LogP contribution in [-0.2, 0) is 16.6 Å². The summed E-state index contributed by atoms with van der Waals surface area (Å²) in [5.41, 5.74) is 6.87. The summed E-state index contributed by atoms with van der Waals surface area (Å²) in [6.45, 7) is 1.96. The van der Waals surface area contributed by atoms with Gasteiger partial charge in [-0.05, 0) is 35.7 Å². The van der Waals surface area contributed by atoms with Crippen molar-refractivity contribution < 1.29 is 4.21 Å². The molecule has 0 fully saturated rings. The summed E-state index contributed by atoms with van der Waals surface area (Å²) in [4.78, 5) is 0. The third-order valence-corrected chi connectivity index (χ3v) is 5.01. The molecule has 2 N–H and O–H groups in total. The number of rotatable bonds is 5. The van der Waals surface area contributed by atoms with E-state index in [1.54, 1.807) is 11.3 Å². The van der Waals surface area contributed by atoms with Gasteiger partial charge in [0.05, 0.1) is 0 Å². The molecule has 0 aliphatic rings. The van der Waals surface area contributed by atoms with Gasteiger partial charge in [0.2, 0.25) is 0 Å². The first kappa shape index (κ1) is 12.7. The molecule has 0 saturated heterocycles. The van der Waals surface area contributed by atoms with Crippen LogP contribution in [0.2, 0.25) is 0 Å². The van der Waals surface area contributed by atoms with E-state index in [1.807, 2.05) is 19.1 Å². The molecule has 0 aliphatic carbocycles. The molecule has 17 heavy (non-hydrogen) atoms. The molecule has 0 amide bonds. The fourth-order valence-corrected chi connectivity index (χ4v) is 4.14. The highest BCUT2D eigenvalue weighted by Crippen LogP contribution is 2.26. The Morgan fingerprint density at radius 2 is 2.18 bits per heavy atom. The van der Waals surface area contributed by atoms with Crippen LogP contribution in [0.3, 0.4) is 0 Å². The van der Waals surface area contributed by atoms with Gasteiger partial charge in [0.25, 0.3) is 0 Å². The van der Waals surface area contributed by atoms with Gasteiger partial charge in [0.1, 0.15) is 0 Å². The lowest BCUT2D eigenvalue weighted by Gasteiger charge is -2.04. The van der Waals surface area contributed by atoms with Gasteiger partial charge < -0.3 is 5.73 Å². The highest BCUT2D eigenvalue weighted by atomic mass is 32.2. The predicted molar refractivity (Wildman–Crippen MR) is 76.8 cm³/mol. The lowest BCUT2D eigenvalue weighted by Crippen LogP contribution is -2.18. The van der Waals surface area contributed by atoms with Crippen LogP contribution in [0, 0.1) is 0 Å². The first-order chi connectivity index (χ1) is 8.16. The van der Waals surface area contributed by atoms with Crippen molar-refractivity contribution in [2.45, 2.75) is 25.1 Å². The number of hydrogen-bond acceptors (Lipinski definition) is 3. The van der Waals surface area contributed by atoms with Crippen LogP contribution < -0.4 is 5.73 Å². The number of benzene rings is 1. The zero-order chi connectivity index (χ0) is 12.3. The molecule has 0 spiro atoms. The maximum atomic E-state index is 11.9. The van der Waals surface area contributed by atoms with Gasteiger partial charge in [-0.3, -0.25) is 4.21 Å². The molecular formula is C13H17NOS2. The Labute approximate surface area is 108 Å².